The van der Waals surface area contributed by atoms with E-state index in [-0.39, 0.29) is 11.9 Å². The van der Waals surface area contributed by atoms with Gasteiger partial charge < -0.3 is 10.2 Å². The van der Waals surface area contributed by atoms with Crippen molar-refractivity contribution in [2.24, 2.45) is 7.05 Å². The van der Waals surface area contributed by atoms with Crippen LogP contribution in [0.3, 0.4) is 0 Å². The van der Waals surface area contributed by atoms with Gasteiger partial charge in [0, 0.05) is 25.8 Å². The van der Waals surface area contributed by atoms with E-state index in [1.54, 1.807) is 28.4 Å². The molecule has 0 aliphatic carbocycles. The highest BCUT2D eigenvalue weighted by molar-refractivity contribution is 7.17. The van der Waals surface area contributed by atoms with Crippen LogP contribution in [-0.2, 0) is 7.05 Å². The molecule has 0 saturated carbocycles. The van der Waals surface area contributed by atoms with Crippen molar-refractivity contribution in [1.29, 1.82) is 0 Å². The van der Waals surface area contributed by atoms with E-state index < -0.39 is 0 Å². The number of aromatic nitrogens is 4. The second-order valence-corrected chi connectivity index (χ2v) is 6.62. The molecule has 1 amide bonds. The summed E-state index contributed by atoms with van der Waals surface area (Å²) in [5.74, 6) is 0.825. The predicted molar refractivity (Wildman–Crippen MR) is 88.8 cm³/mol. The minimum absolute atomic E-state index is 0.120. The van der Waals surface area contributed by atoms with Gasteiger partial charge in [-0.2, -0.15) is 5.10 Å². The largest absolute Gasteiger partial charge is 0.351 e. The highest BCUT2D eigenvalue weighted by Gasteiger charge is 2.31. The zero-order valence-corrected chi connectivity index (χ0v) is 13.7. The van der Waals surface area contributed by atoms with Crippen molar-refractivity contribution in [3.05, 3.63) is 35.2 Å². The number of anilines is 1. The molecule has 8 heteroatoms. The van der Waals surface area contributed by atoms with Crippen molar-refractivity contribution in [3.8, 4) is 0 Å². The van der Waals surface area contributed by atoms with Gasteiger partial charge >= 0.3 is 0 Å². The predicted octanol–water partition coefficient (Wildman–Crippen LogP) is 1.35. The van der Waals surface area contributed by atoms with Crippen LogP contribution in [0.15, 0.2) is 23.8 Å². The molecule has 4 heterocycles. The maximum absolute atomic E-state index is 12.2. The second kappa shape index (κ2) is 5.31. The Kier molecular flexibility index (Phi) is 3.26. The third kappa shape index (κ3) is 2.44. The van der Waals surface area contributed by atoms with E-state index in [0.717, 1.165) is 34.8 Å². The molecule has 3 aromatic heterocycles. The highest BCUT2D eigenvalue weighted by atomic mass is 32.1. The molecule has 0 atom stereocenters. The van der Waals surface area contributed by atoms with Crippen LogP contribution >= 0.6 is 11.3 Å². The van der Waals surface area contributed by atoms with Crippen LogP contribution < -0.4 is 10.2 Å². The van der Waals surface area contributed by atoms with Gasteiger partial charge in [-0.3, -0.25) is 9.48 Å². The van der Waals surface area contributed by atoms with Crippen molar-refractivity contribution in [2.45, 2.75) is 13.0 Å². The molecule has 0 unspecified atom stereocenters. The molecule has 0 bridgehead atoms. The number of rotatable bonds is 3. The van der Waals surface area contributed by atoms with Crippen LogP contribution in [0.2, 0.25) is 0 Å². The van der Waals surface area contributed by atoms with Crippen molar-refractivity contribution in [1.82, 2.24) is 25.1 Å². The third-order valence-corrected chi connectivity index (χ3v) is 4.99. The Morgan fingerprint density at radius 2 is 2.22 bits per heavy atom. The molecule has 1 aliphatic heterocycles. The molecule has 23 heavy (non-hydrogen) atoms. The van der Waals surface area contributed by atoms with Crippen LogP contribution in [0, 0.1) is 6.92 Å². The fourth-order valence-electron chi connectivity index (χ4n) is 2.67. The van der Waals surface area contributed by atoms with Crippen LogP contribution in [0.4, 0.5) is 5.82 Å². The van der Waals surface area contributed by atoms with Gasteiger partial charge in [-0.1, -0.05) is 0 Å². The molecule has 1 N–H and O–H groups in total. The number of carbonyl (C=O) groups is 1. The smallest absolute Gasteiger partial charge is 0.272 e. The van der Waals surface area contributed by atoms with Crippen LogP contribution in [0.1, 0.15) is 16.2 Å². The van der Waals surface area contributed by atoms with Gasteiger partial charge in [-0.05, 0) is 24.4 Å². The topological polar surface area (TPSA) is 75.9 Å². The molecule has 0 radical (unpaired) electrons. The number of hydrogen-bond donors (Lipinski definition) is 1. The number of aryl methyl sites for hydroxylation is 2. The number of nitrogens with one attached hydrogen (secondary N) is 1. The molecule has 1 fully saturated rings. The minimum atomic E-state index is -0.123. The van der Waals surface area contributed by atoms with Gasteiger partial charge in [0.05, 0.1) is 16.3 Å². The molecule has 118 valence electrons. The summed E-state index contributed by atoms with van der Waals surface area (Å²) in [6.45, 7) is 3.43. The van der Waals surface area contributed by atoms with Crippen LogP contribution in [0.5, 0.6) is 0 Å². The monoisotopic (exact) mass is 328 g/mol. The first-order valence-corrected chi connectivity index (χ1v) is 8.24. The summed E-state index contributed by atoms with van der Waals surface area (Å²) in [6.07, 6.45) is 1.59. The SMILES string of the molecule is Cc1cc(C(=O)NC2CN(c3ncnc4ccsc34)C2)nn1C. The Morgan fingerprint density at radius 3 is 2.96 bits per heavy atom. The van der Waals surface area contributed by atoms with Crippen molar-refractivity contribution >= 4 is 33.3 Å². The lowest BCUT2D eigenvalue weighted by Crippen LogP contribution is -2.59. The number of hydrogen-bond acceptors (Lipinski definition) is 6. The fourth-order valence-corrected chi connectivity index (χ4v) is 3.54. The summed E-state index contributed by atoms with van der Waals surface area (Å²) in [4.78, 5) is 23.0. The number of amides is 1. The first kappa shape index (κ1) is 14.1. The molecule has 0 spiro atoms. The lowest BCUT2D eigenvalue weighted by Gasteiger charge is -2.40. The Hall–Kier alpha value is -2.48. The maximum atomic E-state index is 12.2. The molecule has 0 aromatic carbocycles. The Balaban J connectivity index is 1.42. The Bertz CT molecular complexity index is 860. The minimum Gasteiger partial charge on any atom is -0.351 e. The van der Waals surface area contributed by atoms with E-state index in [1.807, 2.05) is 25.4 Å². The van der Waals surface area contributed by atoms with Crippen molar-refractivity contribution in [2.75, 3.05) is 18.0 Å². The zero-order chi connectivity index (χ0) is 16.0. The van der Waals surface area contributed by atoms with Gasteiger partial charge in [-0.25, -0.2) is 9.97 Å². The molecular weight excluding hydrogens is 312 g/mol. The third-order valence-electron chi connectivity index (χ3n) is 4.09. The quantitative estimate of drug-likeness (QED) is 0.785. The number of fused-ring (bicyclic) bond motifs is 1. The maximum Gasteiger partial charge on any atom is 0.272 e. The fraction of sp³-hybridized carbons (Fsp3) is 0.333. The molecule has 7 nitrogen and oxygen atoms in total. The molecule has 4 rings (SSSR count). The summed E-state index contributed by atoms with van der Waals surface area (Å²) >= 11 is 1.64. The van der Waals surface area contributed by atoms with Gasteiger partial charge in [0.15, 0.2) is 0 Å². The van der Waals surface area contributed by atoms with E-state index >= 15 is 0 Å². The molecule has 1 aliphatic rings. The molecule has 3 aromatic rings. The normalized spacial score (nSPS) is 15.0. The van der Waals surface area contributed by atoms with E-state index in [9.17, 15) is 4.79 Å². The summed E-state index contributed by atoms with van der Waals surface area (Å²) < 4.78 is 2.80. The van der Waals surface area contributed by atoms with E-state index in [4.69, 9.17) is 0 Å². The first-order chi connectivity index (χ1) is 11.1. The van der Waals surface area contributed by atoms with Crippen molar-refractivity contribution < 1.29 is 4.79 Å². The molecular formula is C15H16N6OS. The average molecular weight is 328 g/mol. The standard InChI is InChI=1S/C15H16N6OS/c1-9-5-12(19-20(9)2)15(22)18-10-6-21(7-10)14-13-11(3-4-23-13)16-8-17-14/h3-5,8,10H,6-7H2,1-2H3,(H,18,22). The summed E-state index contributed by atoms with van der Waals surface area (Å²) in [5.41, 5.74) is 2.40. The Morgan fingerprint density at radius 1 is 1.39 bits per heavy atom. The van der Waals surface area contributed by atoms with Crippen molar-refractivity contribution in [3.63, 3.8) is 0 Å². The van der Waals surface area contributed by atoms with Crippen LogP contribution in [-0.4, -0.2) is 44.8 Å². The number of thiophene rings is 1. The highest BCUT2D eigenvalue weighted by Crippen LogP contribution is 2.30. The van der Waals surface area contributed by atoms with Gasteiger partial charge in [0.25, 0.3) is 5.91 Å². The lowest BCUT2D eigenvalue weighted by atomic mass is 10.1. The summed E-state index contributed by atoms with van der Waals surface area (Å²) in [6, 6.07) is 3.91. The average Bonchev–Trinajstić information content (AvgIpc) is 3.09. The second-order valence-electron chi connectivity index (χ2n) is 5.70. The molecule has 1 saturated heterocycles. The summed E-state index contributed by atoms with van der Waals surface area (Å²) in [7, 11) is 1.83. The van der Waals surface area contributed by atoms with Gasteiger partial charge in [-0.15, -0.1) is 11.3 Å². The van der Waals surface area contributed by atoms with Crippen LogP contribution in [0.25, 0.3) is 10.2 Å². The summed E-state index contributed by atoms with van der Waals surface area (Å²) in [5, 5.41) is 9.24. The van der Waals surface area contributed by atoms with E-state index in [0.29, 0.717) is 5.69 Å². The number of nitrogens with zero attached hydrogens (tertiary/aromatic N) is 5. The van der Waals surface area contributed by atoms with E-state index in [1.165, 1.54) is 0 Å². The van der Waals surface area contributed by atoms with Gasteiger partial charge in [0.1, 0.15) is 17.8 Å². The van der Waals surface area contributed by atoms with E-state index in [2.05, 4.69) is 25.3 Å². The first-order valence-electron chi connectivity index (χ1n) is 7.36. The van der Waals surface area contributed by atoms with Gasteiger partial charge in [0.2, 0.25) is 0 Å². The Labute approximate surface area is 137 Å². The zero-order valence-electron chi connectivity index (χ0n) is 12.9. The lowest BCUT2D eigenvalue weighted by molar-refractivity contribution is 0.0924. The number of carbonyl (C=O) groups excluding carboxylic acids is 1.